The Balaban J connectivity index is 1.12. The van der Waals surface area contributed by atoms with Gasteiger partial charge in [-0.15, -0.1) is 11.8 Å². The summed E-state index contributed by atoms with van der Waals surface area (Å²) < 4.78 is 5.86. The number of carbonyl (C=O) groups is 3. The maximum atomic E-state index is 13.5. The molecule has 49 heavy (non-hydrogen) atoms. The number of anilines is 2. The number of aromatic nitrogens is 1. The van der Waals surface area contributed by atoms with Crippen LogP contribution in [0.15, 0.2) is 142 Å². The van der Waals surface area contributed by atoms with Crippen molar-refractivity contribution in [2.45, 2.75) is 30.4 Å². The van der Waals surface area contributed by atoms with Crippen molar-refractivity contribution in [1.82, 2.24) is 10.3 Å². The van der Waals surface area contributed by atoms with E-state index in [1.165, 1.54) is 11.8 Å². The number of amides is 3. The molecule has 0 saturated carbocycles. The fourth-order valence-electron chi connectivity index (χ4n) is 5.02. The molecule has 0 radical (unpaired) electrons. The molecule has 3 N–H and O–H groups in total. The van der Waals surface area contributed by atoms with Crippen LogP contribution in [0, 0.1) is 6.92 Å². The van der Waals surface area contributed by atoms with Gasteiger partial charge in [-0.3, -0.25) is 14.4 Å². The van der Waals surface area contributed by atoms with Crippen LogP contribution in [0.2, 0.25) is 0 Å². The topological polar surface area (TPSA) is 113 Å². The van der Waals surface area contributed by atoms with Gasteiger partial charge in [0.05, 0.1) is 5.25 Å². The molecule has 0 aliphatic carbocycles. The number of thioether (sulfide) groups is 1. The second kappa shape index (κ2) is 15.3. The van der Waals surface area contributed by atoms with Crippen molar-refractivity contribution in [3.8, 4) is 11.5 Å². The lowest BCUT2D eigenvalue weighted by Gasteiger charge is -2.16. The summed E-state index contributed by atoms with van der Waals surface area (Å²) >= 11 is 1.41. The van der Waals surface area contributed by atoms with Crippen molar-refractivity contribution < 1.29 is 18.8 Å². The van der Waals surface area contributed by atoms with Crippen LogP contribution in [-0.4, -0.2) is 28.0 Å². The van der Waals surface area contributed by atoms with E-state index in [1.54, 1.807) is 36.4 Å². The maximum absolute atomic E-state index is 13.5. The van der Waals surface area contributed by atoms with Crippen LogP contribution in [0.25, 0.3) is 28.6 Å². The Bertz CT molecular complexity index is 2090. The van der Waals surface area contributed by atoms with Crippen LogP contribution in [0.5, 0.6) is 0 Å². The number of rotatable bonds is 11. The molecule has 6 rings (SSSR count). The zero-order valence-electron chi connectivity index (χ0n) is 27.0. The Morgan fingerprint density at radius 2 is 1.53 bits per heavy atom. The Kier molecular flexibility index (Phi) is 10.3. The van der Waals surface area contributed by atoms with Crippen molar-refractivity contribution in [2.75, 3.05) is 10.6 Å². The van der Waals surface area contributed by atoms with Crippen molar-refractivity contribution >= 4 is 58.0 Å². The van der Waals surface area contributed by atoms with Gasteiger partial charge in [0.1, 0.15) is 11.2 Å². The number of nitrogens with zero attached hydrogens (tertiary/aromatic N) is 1. The lowest BCUT2D eigenvalue weighted by molar-refractivity contribution is -0.116. The average Bonchev–Trinajstić information content (AvgIpc) is 3.56. The van der Waals surface area contributed by atoms with Gasteiger partial charge in [0.2, 0.25) is 11.8 Å². The van der Waals surface area contributed by atoms with Gasteiger partial charge < -0.3 is 20.4 Å². The number of hydrogen-bond acceptors (Lipinski definition) is 6. The van der Waals surface area contributed by atoms with Gasteiger partial charge in [0, 0.05) is 27.4 Å². The molecule has 1 aromatic heterocycles. The van der Waals surface area contributed by atoms with E-state index in [1.807, 2.05) is 111 Å². The summed E-state index contributed by atoms with van der Waals surface area (Å²) in [6, 6.07) is 38.7. The van der Waals surface area contributed by atoms with E-state index >= 15 is 0 Å². The van der Waals surface area contributed by atoms with Gasteiger partial charge in [-0.1, -0.05) is 73.2 Å². The number of carbonyl (C=O) groups excluding carboxylic acids is 3. The number of nitrogens with one attached hydrogen (secondary N) is 3. The van der Waals surface area contributed by atoms with Crippen LogP contribution in [0.3, 0.4) is 0 Å². The highest BCUT2D eigenvalue weighted by molar-refractivity contribution is 8.00. The zero-order valence-corrected chi connectivity index (χ0v) is 27.8. The fourth-order valence-corrected chi connectivity index (χ4v) is 6.03. The molecule has 3 amide bonds. The highest BCUT2D eigenvalue weighted by Crippen LogP contribution is 2.30. The molecule has 5 aromatic carbocycles. The molecule has 1 heterocycles. The predicted octanol–water partition coefficient (Wildman–Crippen LogP) is 8.72. The summed E-state index contributed by atoms with van der Waals surface area (Å²) in [7, 11) is 0. The van der Waals surface area contributed by atoms with E-state index < -0.39 is 11.8 Å². The molecule has 8 nitrogen and oxygen atoms in total. The molecule has 1 atom stereocenters. The first kappa shape index (κ1) is 33.0. The summed E-state index contributed by atoms with van der Waals surface area (Å²) in [5, 5.41) is 8.31. The Hall–Kier alpha value is -5.93. The van der Waals surface area contributed by atoms with Gasteiger partial charge in [-0.25, -0.2) is 4.98 Å². The van der Waals surface area contributed by atoms with E-state index in [-0.39, 0.29) is 16.9 Å². The SMILES string of the molecule is CCC(Sc1cccc(NC(=O)/C(=C/c2ccc(C)cc2)NC(=O)c2ccccc2)c1)C(=O)Nc1ccc(-c2nc3ccccc3o2)cc1. The molecule has 244 valence electrons. The molecule has 0 bridgehead atoms. The first-order valence-corrected chi connectivity index (χ1v) is 16.7. The van der Waals surface area contributed by atoms with E-state index in [9.17, 15) is 14.4 Å². The van der Waals surface area contributed by atoms with Gasteiger partial charge in [0.25, 0.3) is 11.8 Å². The average molecular weight is 667 g/mol. The number of hydrogen-bond donors (Lipinski definition) is 3. The molecule has 0 spiro atoms. The Labute approximate surface area is 288 Å². The third-order valence-electron chi connectivity index (χ3n) is 7.64. The molecule has 6 aromatic rings. The second-order valence-electron chi connectivity index (χ2n) is 11.3. The summed E-state index contributed by atoms with van der Waals surface area (Å²) in [4.78, 5) is 45.2. The quantitative estimate of drug-likeness (QED) is 0.0942. The second-order valence-corrected chi connectivity index (χ2v) is 12.6. The van der Waals surface area contributed by atoms with Gasteiger partial charge in [-0.2, -0.15) is 0 Å². The minimum absolute atomic E-state index is 0.101. The first-order chi connectivity index (χ1) is 23.8. The van der Waals surface area contributed by atoms with Crippen LogP contribution in [0.4, 0.5) is 11.4 Å². The van der Waals surface area contributed by atoms with E-state index in [0.29, 0.717) is 29.2 Å². The van der Waals surface area contributed by atoms with Crippen LogP contribution < -0.4 is 16.0 Å². The van der Waals surface area contributed by atoms with Gasteiger partial charge in [-0.05, 0) is 91.7 Å². The molecular weight excluding hydrogens is 633 g/mol. The third-order valence-corrected chi connectivity index (χ3v) is 9.00. The summed E-state index contributed by atoms with van der Waals surface area (Å²) in [5.74, 6) is -0.484. The lowest BCUT2D eigenvalue weighted by atomic mass is 10.1. The predicted molar refractivity (Wildman–Crippen MR) is 196 cm³/mol. The molecule has 9 heteroatoms. The Morgan fingerprint density at radius 3 is 2.27 bits per heavy atom. The van der Waals surface area contributed by atoms with Crippen LogP contribution in [0.1, 0.15) is 34.8 Å². The van der Waals surface area contributed by atoms with E-state index in [0.717, 1.165) is 32.7 Å². The number of para-hydroxylation sites is 2. The highest BCUT2D eigenvalue weighted by Gasteiger charge is 2.20. The minimum Gasteiger partial charge on any atom is -0.436 e. The standard InChI is InChI=1S/C40H34N4O4S/c1-3-36(39(47)41-30-22-20-29(21-23-30)40-44-33-14-7-8-15-35(33)48-40)49-32-13-9-12-31(25-32)42-38(46)34(24-27-18-16-26(2)17-19-27)43-37(45)28-10-5-4-6-11-28/h4-25,36H,3H2,1-2H3,(H,41,47)(H,42,46)(H,43,45)/b34-24-. The summed E-state index contributed by atoms with van der Waals surface area (Å²) in [6.07, 6.45) is 2.23. The number of oxazole rings is 1. The summed E-state index contributed by atoms with van der Waals surface area (Å²) in [6.45, 7) is 3.94. The first-order valence-electron chi connectivity index (χ1n) is 15.8. The van der Waals surface area contributed by atoms with Crippen molar-refractivity contribution in [2.24, 2.45) is 0 Å². The lowest BCUT2D eigenvalue weighted by Crippen LogP contribution is -2.30. The third kappa shape index (κ3) is 8.51. The van der Waals surface area contributed by atoms with Crippen molar-refractivity contribution in [1.29, 1.82) is 0 Å². The fraction of sp³-hybridized carbons (Fsp3) is 0.100. The number of benzene rings is 5. The monoisotopic (exact) mass is 666 g/mol. The molecule has 0 aliphatic rings. The van der Waals surface area contributed by atoms with Crippen LogP contribution in [-0.2, 0) is 9.59 Å². The molecule has 1 unspecified atom stereocenters. The van der Waals surface area contributed by atoms with Crippen molar-refractivity contribution in [3.05, 3.63) is 150 Å². The largest absolute Gasteiger partial charge is 0.436 e. The van der Waals surface area contributed by atoms with Gasteiger partial charge >= 0.3 is 0 Å². The van der Waals surface area contributed by atoms with E-state index in [2.05, 4.69) is 20.9 Å². The van der Waals surface area contributed by atoms with E-state index in [4.69, 9.17) is 4.42 Å². The van der Waals surface area contributed by atoms with Crippen LogP contribution >= 0.6 is 11.8 Å². The normalized spacial score (nSPS) is 11.9. The van der Waals surface area contributed by atoms with Crippen molar-refractivity contribution in [3.63, 3.8) is 0 Å². The molecule has 0 fully saturated rings. The smallest absolute Gasteiger partial charge is 0.272 e. The maximum Gasteiger partial charge on any atom is 0.272 e. The zero-order chi connectivity index (χ0) is 34.2. The highest BCUT2D eigenvalue weighted by atomic mass is 32.2. The molecule has 0 aliphatic heterocycles. The minimum atomic E-state index is -0.474. The number of fused-ring (bicyclic) bond motifs is 1. The number of aryl methyl sites for hydroxylation is 1. The molecule has 0 saturated heterocycles. The summed E-state index contributed by atoms with van der Waals surface area (Å²) in [5.41, 5.74) is 5.90. The van der Waals surface area contributed by atoms with Gasteiger partial charge in [0.15, 0.2) is 5.58 Å². The Morgan fingerprint density at radius 1 is 0.796 bits per heavy atom. The molecular formula is C40H34N4O4S.